The molecule has 0 spiro atoms. The Morgan fingerprint density at radius 1 is 1.17 bits per heavy atom. The molecule has 1 unspecified atom stereocenters. The Kier molecular flexibility index (Phi) is 5.97. The molecule has 1 fully saturated rings. The predicted octanol–water partition coefficient (Wildman–Crippen LogP) is 3.61. The third kappa shape index (κ3) is 4.02. The Morgan fingerprint density at radius 3 is 2.60 bits per heavy atom. The fourth-order valence-electron chi connectivity index (χ4n) is 4.31. The van der Waals surface area contributed by atoms with Gasteiger partial charge in [0.15, 0.2) is 0 Å². The summed E-state index contributed by atoms with van der Waals surface area (Å²) < 4.78 is 19.6. The van der Waals surface area contributed by atoms with Crippen LogP contribution >= 0.6 is 0 Å². The second-order valence-electron chi connectivity index (χ2n) is 7.84. The van der Waals surface area contributed by atoms with Crippen LogP contribution in [0.15, 0.2) is 35.1 Å². The number of aromatic carboxylic acids is 1. The lowest BCUT2D eigenvalue weighted by atomic mass is 10.0. The molecule has 1 aliphatic heterocycles. The van der Waals surface area contributed by atoms with Gasteiger partial charge in [-0.1, -0.05) is 6.42 Å². The molecule has 1 saturated heterocycles. The Labute approximate surface area is 177 Å². The molecule has 7 nitrogen and oxygen atoms in total. The highest BCUT2D eigenvalue weighted by Gasteiger charge is 2.26. The van der Waals surface area contributed by atoms with Crippen LogP contribution < -0.4 is 0 Å². The summed E-state index contributed by atoms with van der Waals surface area (Å²) >= 11 is 0. The molecule has 2 aromatic heterocycles. The van der Waals surface area contributed by atoms with E-state index in [9.17, 15) is 19.2 Å². The number of carboxylic acid groups (broad SMARTS) is 1. The van der Waals surface area contributed by atoms with Gasteiger partial charge >= 0.3 is 5.97 Å². The SMILES string of the molecule is Cn1c(CS(=O)Cc2ccoc2)c(C(=O)O)c2c(CN3CCCCC3)c(O)ccc21. The second-order valence-corrected chi connectivity index (χ2v) is 9.30. The number of piperidine rings is 1. The van der Waals surface area contributed by atoms with Crippen LogP contribution in [0.3, 0.4) is 0 Å². The lowest BCUT2D eigenvalue weighted by Crippen LogP contribution is -2.29. The van der Waals surface area contributed by atoms with Gasteiger partial charge in [0.2, 0.25) is 0 Å². The van der Waals surface area contributed by atoms with Crippen LogP contribution in [0.1, 0.15) is 46.4 Å². The molecule has 0 saturated carbocycles. The first-order valence-electron chi connectivity index (χ1n) is 10.1. The van der Waals surface area contributed by atoms with E-state index in [1.54, 1.807) is 36.1 Å². The van der Waals surface area contributed by atoms with Crippen LogP contribution in [0.5, 0.6) is 5.75 Å². The summed E-state index contributed by atoms with van der Waals surface area (Å²) in [6, 6.07) is 5.12. The van der Waals surface area contributed by atoms with E-state index in [-0.39, 0.29) is 17.1 Å². The first-order valence-corrected chi connectivity index (χ1v) is 11.6. The number of fused-ring (bicyclic) bond motifs is 1. The van der Waals surface area contributed by atoms with E-state index in [2.05, 4.69) is 4.90 Å². The zero-order chi connectivity index (χ0) is 21.3. The summed E-state index contributed by atoms with van der Waals surface area (Å²) in [6.45, 7) is 2.38. The minimum Gasteiger partial charge on any atom is -0.508 e. The molecule has 1 atom stereocenters. The minimum atomic E-state index is -1.30. The van der Waals surface area contributed by atoms with Crippen molar-refractivity contribution in [2.24, 2.45) is 7.05 Å². The molecule has 0 aliphatic carbocycles. The Balaban J connectivity index is 1.76. The maximum atomic E-state index is 12.8. The van der Waals surface area contributed by atoms with Crippen molar-refractivity contribution in [1.82, 2.24) is 9.47 Å². The highest BCUT2D eigenvalue weighted by Crippen LogP contribution is 2.35. The molecule has 160 valence electrons. The van der Waals surface area contributed by atoms with E-state index in [0.29, 0.717) is 28.9 Å². The third-order valence-electron chi connectivity index (χ3n) is 5.82. The number of phenols is 1. The van der Waals surface area contributed by atoms with Crippen LogP contribution in [0.4, 0.5) is 0 Å². The summed E-state index contributed by atoms with van der Waals surface area (Å²) in [6.07, 6.45) is 6.49. The van der Waals surface area contributed by atoms with E-state index in [0.717, 1.165) is 37.0 Å². The van der Waals surface area contributed by atoms with Gasteiger partial charge in [0.25, 0.3) is 0 Å². The zero-order valence-corrected chi connectivity index (χ0v) is 17.8. The number of rotatable bonds is 7. The number of phenolic OH excluding ortho intramolecular Hbond substituents is 1. The molecule has 3 heterocycles. The van der Waals surface area contributed by atoms with Gasteiger partial charge in [-0.05, 0) is 44.1 Å². The number of aromatic hydroxyl groups is 1. The van der Waals surface area contributed by atoms with Crippen molar-refractivity contribution < 1.29 is 23.6 Å². The van der Waals surface area contributed by atoms with E-state index in [1.165, 1.54) is 12.7 Å². The number of aromatic nitrogens is 1. The molecule has 1 aliphatic rings. The van der Waals surface area contributed by atoms with Crippen molar-refractivity contribution in [3.63, 3.8) is 0 Å². The van der Waals surface area contributed by atoms with Crippen LogP contribution in [-0.2, 0) is 35.9 Å². The summed E-state index contributed by atoms with van der Waals surface area (Å²) in [5.74, 6) is -0.557. The Hall–Kier alpha value is -2.58. The number of furan rings is 1. The van der Waals surface area contributed by atoms with Crippen molar-refractivity contribution >= 4 is 27.7 Å². The molecular weight excluding hydrogens is 404 g/mol. The van der Waals surface area contributed by atoms with Gasteiger partial charge in [-0.2, -0.15) is 0 Å². The van der Waals surface area contributed by atoms with E-state index >= 15 is 0 Å². The first-order chi connectivity index (χ1) is 14.5. The van der Waals surface area contributed by atoms with Gasteiger partial charge in [0.05, 0.1) is 29.6 Å². The predicted molar refractivity (Wildman–Crippen MR) is 115 cm³/mol. The van der Waals surface area contributed by atoms with E-state index in [4.69, 9.17) is 4.42 Å². The molecule has 8 heteroatoms. The molecule has 0 radical (unpaired) electrons. The van der Waals surface area contributed by atoms with Crippen LogP contribution in [0.25, 0.3) is 10.9 Å². The minimum absolute atomic E-state index is 0.104. The van der Waals surface area contributed by atoms with Crippen molar-refractivity contribution in [3.05, 3.63) is 53.1 Å². The van der Waals surface area contributed by atoms with Gasteiger partial charge in [0.1, 0.15) is 5.75 Å². The average Bonchev–Trinajstić information content (AvgIpc) is 3.32. The Bertz CT molecular complexity index is 1080. The second kappa shape index (κ2) is 8.65. The molecule has 3 aromatic rings. The number of carbonyl (C=O) groups is 1. The normalized spacial score (nSPS) is 16.2. The Morgan fingerprint density at radius 2 is 1.93 bits per heavy atom. The topological polar surface area (TPSA) is 95.9 Å². The van der Waals surface area contributed by atoms with Gasteiger partial charge in [-0.15, -0.1) is 0 Å². The lowest BCUT2D eigenvalue weighted by molar-refractivity contribution is 0.0697. The zero-order valence-electron chi connectivity index (χ0n) is 17.0. The number of hydrogen-bond donors (Lipinski definition) is 2. The molecule has 2 N–H and O–H groups in total. The van der Waals surface area contributed by atoms with Crippen LogP contribution in [-0.4, -0.2) is 42.9 Å². The third-order valence-corrected chi connectivity index (χ3v) is 7.07. The fourth-order valence-corrected chi connectivity index (χ4v) is 5.59. The number of aryl methyl sites for hydroxylation is 1. The summed E-state index contributed by atoms with van der Waals surface area (Å²) in [4.78, 5) is 14.5. The van der Waals surface area contributed by atoms with E-state index in [1.807, 2.05) is 0 Å². The van der Waals surface area contributed by atoms with Crippen molar-refractivity contribution in [2.45, 2.75) is 37.3 Å². The average molecular weight is 431 g/mol. The number of hydrogen-bond acceptors (Lipinski definition) is 5. The van der Waals surface area contributed by atoms with Crippen LogP contribution in [0.2, 0.25) is 0 Å². The molecule has 4 rings (SSSR count). The monoisotopic (exact) mass is 430 g/mol. The largest absolute Gasteiger partial charge is 0.508 e. The van der Waals surface area contributed by atoms with Gasteiger partial charge < -0.3 is 19.2 Å². The highest BCUT2D eigenvalue weighted by molar-refractivity contribution is 7.83. The molecule has 30 heavy (non-hydrogen) atoms. The first kappa shape index (κ1) is 20.7. The number of benzene rings is 1. The highest BCUT2D eigenvalue weighted by atomic mass is 32.2. The lowest BCUT2D eigenvalue weighted by Gasteiger charge is -2.27. The fraction of sp³-hybridized carbons (Fsp3) is 0.409. The van der Waals surface area contributed by atoms with Crippen molar-refractivity contribution in [3.8, 4) is 5.75 Å². The van der Waals surface area contributed by atoms with Gasteiger partial charge in [0, 0.05) is 52.1 Å². The smallest absolute Gasteiger partial charge is 0.338 e. The van der Waals surface area contributed by atoms with E-state index < -0.39 is 16.8 Å². The van der Waals surface area contributed by atoms with Crippen molar-refractivity contribution in [2.75, 3.05) is 13.1 Å². The summed E-state index contributed by atoms with van der Waals surface area (Å²) in [5.41, 5.74) is 2.81. The molecule has 0 bridgehead atoms. The molecule has 1 aromatic carbocycles. The van der Waals surface area contributed by atoms with Gasteiger partial charge in [-0.3, -0.25) is 9.11 Å². The maximum absolute atomic E-state index is 12.8. The molecular formula is C22H26N2O5S. The number of likely N-dealkylation sites (tertiary alicyclic amines) is 1. The standard InChI is InChI=1S/C22H26N2O5S/c1-23-17-5-6-19(25)16(11-24-8-3-2-4-9-24)20(17)21(22(26)27)18(23)14-30(28)13-15-7-10-29-12-15/h5-7,10,12,25H,2-4,8-9,11,13-14H2,1H3,(H,26,27). The van der Waals surface area contributed by atoms with Crippen molar-refractivity contribution in [1.29, 1.82) is 0 Å². The van der Waals surface area contributed by atoms with Gasteiger partial charge in [-0.25, -0.2) is 4.79 Å². The quantitative estimate of drug-likeness (QED) is 0.595. The summed E-state index contributed by atoms with van der Waals surface area (Å²) in [7, 11) is 0.493. The summed E-state index contributed by atoms with van der Waals surface area (Å²) in [5, 5.41) is 21.2. The maximum Gasteiger partial charge on any atom is 0.338 e. The number of carboxylic acids is 1. The molecule has 0 amide bonds. The number of nitrogens with zero attached hydrogens (tertiary/aromatic N) is 2. The van der Waals surface area contributed by atoms with Crippen LogP contribution in [0, 0.1) is 0 Å².